The molecule has 21 heavy (non-hydrogen) atoms. The summed E-state index contributed by atoms with van der Waals surface area (Å²) in [5.74, 6) is 1.45. The van der Waals surface area contributed by atoms with Gasteiger partial charge in [-0.2, -0.15) is 5.26 Å². The van der Waals surface area contributed by atoms with E-state index in [9.17, 15) is 4.79 Å². The number of aromatic nitrogens is 1. The quantitative estimate of drug-likeness (QED) is 0.900. The number of carbonyl (C=O) groups is 1. The number of rotatable bonds is 5. The van der Waals surface area contributed by atoms with Crippen molar-refractivity contribution in [2.24, 2.45) is 5.92 Å². The molecule has 1 fully saturated rings. The second-order valence-electron chi connectivity index (χ2n) is 5.52. The summed E-state index contributed by atoms with van der Waals surface area (Å²) >= 11 is 0. The van der Waals surface area contributed by atoms with Gasteiger partial charge in [0.15, 0.2) is 0 Å². The lowest BCUT2D eigenvalue weighted by molar-refractivity contribution is -0.121. The number of hydrogen-bond acceptors (Lipinski definition) is 4. The van der Waals surface area contributed by atoms with Gasteiger partial charge in [-0.15, -0.1) is 0 Å². The van der Waals surface area contributed by atoms with Crippen LogP contribution in [0.4, 0.5) is 5.82 Å². The number of nitrogens with zero attached hydrogens (tertiary/aromatic N) is 3. The van der Waals surface area contributed by atoms with E-state index >= 15 is 0 Å². The summed E-state index contributed by atoms with van der Waals surface area (Å²) in [6, 6.07) is 5.70. The molecule has 112 valence electrons. The molecule has 0 radical (unpaired) electrons. The second kappa shape index (κ2) is 7.63. The average Bonchev–Trinajstić information content (AvgIpc) is 2.53. The molecule has 0 bridgehead atoms. The first kappa shape index (κ1) is 15.3. The summed E-state index contributed by atoms with van der Waals surface area (Å²) in [4.78, 5) is 18.1. The normalized spacial score (nSPS) is 18.1. The Morgan fingerprint density at radius 1 is 1.62 bits per heavy atom. The van der Waals surface area contributed by atoms with Crippen LogP contribution in [0.2, 0.25) is 0 Å². The van der Waals surface area contributed by atoms with Crippen molar-refractivity contribution in [1.82, 2.24) is 10.3 Å². The highest BCUT2D eigenvalue weighted by molar-refractivity contribution is 5.75. The van der Waals surface area contributed by atoms with E-state index in [1.54, 1.807) is 12.3 Å². The van der Waals surface area contributed by atoms with Crippen LogP contribution in [0.5, 0.6) is 0 Å². The lowest BCUT2D eigenvalue weighted by atomic mass is 9.98. The Morgan fingerprint density at radius 2 is 2.48 bits per heavy atom. The first-order chi connectivity index (χ1) is 10.2. The molecule has 0 aliphatic carbocycles. The van der Waals surface area contributed by atoms with Crippen molar-refractivity contribution in [1.29, 1.82) is 5.26 Å². The molecule has 0 aromatic carbocycles. The molecule has 1 saturated heterocycles. The van der Waals surface area contributed by atoms with E-state index in [2.05, 4.69) is 21.3 Å². The van der Waals surface area contributed by atoms with Crippen LogP contribution in [0.15, 0.2) is 18.3 Å². The molecular formula is C16H22N4O. The summed E-state index contributed by atoms with van der Waals surface area (Å²) in [7, 11) is 0. The van der Waals surface area contributed by atoms with Crippen LogP contribution in [0, 0.1) is 17.2 Å². The summed E-state index contributed by atoms with van der Waals surface area (Å²) in [5.41, 5.74) is 0.637. The van der Waals surface area contributed by atoms with Gasteiger partial charge >= 0.3 is 0 Å². The molecule has 0 spiro atoms. The van der Waals surface area contributed by atoms with Crippen molar-refractivity contribution in [3.63, 3.8) is 0 Å². The third kappa shape index (κ3) is 4.45. The predicted octanol–water partition coefficient (Wildman–Crippen LogP) is 2.09. The number of hydrogen-bond donors (Lipinski definition) is 1. The van der Waals surface area contributed by atoms with Gasteiger partial charge in [0.05, 0.1) is 11.6 Å². The van der Waals surface area contributed by atoms with Crippen molar-refractivity contribution in [2.75, 3.05) is 24.5 Å². The van der Waals surface area contributed by atoms with Gasteiger partial charge in [-0.3, -0.25) is 4.79 Å². The third-order valence-electron chi connectivity index (χ3n) is 3.78. The largest absolute Gasteiger partial charge is 0.356 e. The van der Waals surface area contributed by atoms with Gasteiger partial charge in [-0.05, 0) is 37.3 Å². The molecule has 5 heteroatoms. The summed E-state index contributed by atoms with van der Waals surface area (Å²) in [6.07, 6.45) is 5.38. The Bertz CT molecular complexity index is 523. The molecule has 0 saturated carbocycles. The van der Waals surface area contributed by atoms with Gasteiger partial charge in [0, 0.05) is 32.3 Å². The van der Waals surface area contributed by atoms with E-state index in [1.807, 2.05) is 13.0 Å². The minimum atomic E-state index is 0.138. The van der Waals surface area contributed by atoms with Crippen LogP contribution in [-0.2, 0) is 4.79 Å². The smallest absolute Gasteiger partial charge is 0.219 e. The number of piperidine rings is 1. The van der Waals surface area contributed by atoms with E-state index in [0.717, 1.165) is 44.7 Å². The maximum absolute atomic E-state index is 11.5. The first-order valence-electron chi connectivity index (χ1n) is 7.60. The Hall–Kier alpha value is -2.09. The van der Waals surface area contributed by atoms with Gasteiger partial charge in [-0.1, -0.05) is 6.92 Å². The van der Waals surface area contributed by atoms with Crippen LogP contribution in [0.3, 0.4) is 0 Å². The second-order valence-corrected chi connectivity index (χ2v) is 5.52. The van der Waals surface area contributed by atoms with E-state index in [-0.39, 0.29) is 5.91 Å². The van der Waals surface area contributed by atoms with Crippen molar-refractivity contribution >= 4 is 11.7 Å². The van der Waals surface area contributed by atoms with E-state index in [4.69, 9.17) is 5.26 Å². The molecular weight excluding hydrogens is 264 g/mol. The lowest BCUT2D eigenvalue weighted by Gasteiger charge is -2.33. The molecule has 1 aromatic rings. The van der Waals surface area contributed by atoms with Crippen molar-refractivity contribution in [3.05, 3.63) is 23.9 Å². The molecule has 2 heterocycles. The van der Waals surface area contributed by atoms with Gasteiger partial charge in [0.1, 0.15) is 5.82 Å². The molecule has 1 aliphatic rings. The molecule has 1 aliphatic heterocycles. The van der Waals surface area contributed by atoms with E-state index in [0.29, 0.717) is 17.9 Å². The van der Waals surface area contributed by atoms with E-state index < -0.39 is 0 Å². The van der Waals surface area contributed by atoms with Gasteiger partial charge in [-0.25, -0.2) is 4.98 Å². The fraction of sp³-hybridized carbons (Fsp3) is 0.562. The number of nitriles is 1. The molecule has 1 aromatic heterocycles. The Morgan fingerprint density at radius 3 is 3.24 bits per heavy atom. The van der Waals surface area contributed by atoms with E-state index in [1.165, 1.54) is 0 Å². The fourth-order valence-electron chi connectivity index (χ4n) is 2.67. The first-order valence-corrected chi connectivity index (χ1v) is 7.60. The van der Waals surface area contributed by atoms with Crippen molar-refractivity contribution < 1.29 is 4.79 Å². The molecule has 2 rings (SSSR count). The minimum absolute atomic E-state index is 0.138. The number of nitrogens with one attached hydrogen (secondary N) is 1. The summed E-state index contributed by atoms with van der Waals surface area (Å²) < 4.78 is 0. The van der Waals surface area contributed by atoms with Crippen LogP contribution >= 0.6 is 0 Å². The van der Waals surface area contributed by atoms with Crippen LogP contribution in [0.25, 0.3) is 0 Å². The minimum Gasteiger partial charge on any atom is -0.356 e. The zero-order valence-corrected chi connectivity index (χ0v) is 12.5. The SMILES string of the molecule is CCCC(=O)NCC1CCCN(c2cc(C#N)ccn2)C1. The van der Waals surface area contributed by atoms with Crippen molar-refractivity contribution in [2.45, 2.75) is 32.6 Å². The lowest BCUT2D eigenvalue weighted by Crippen LogP contribution is -2.41. The number of pyridine rings is 1. The monoisotopic (exact) mass is 286 g/mol. The highest BCUT2D eigenvalue weighted by Gasteiger charge is 2.21. The number of amides is 1. The molecule has 1 N–H and O–H groups in total. The maximum Gasteiger partial charge on any atom is 0.219 e. The Kier molecular flexibility index (Phi) is 5.56. The van der Waals surface area contributed by atoms with Crippen LogP contribution in [0.1, 0.15) is 38.2 Å². The molecule has 1 unspecified atom stereocenters. The summed E-state index contributed by atoms with van der Waals surface area (Å²) in [6.45, 7) is 4.58. The molecule has 5 nitrogen and oxygen atoms in total. The Balaban J connectivity index is 1.91. The third-order valence-corrected chi connectivity index (χ3v) is 3.78. The fourth-order valence-corrected chi connectivity index (χ4v) is 2.67. The van der Waals surface area contributed by atoms with Gasteiger partial charge in [0.25, 0.3) is 0 Å². The molecule has 1 amide bonds. The average molecular weight is 286 g/mol. The number of carbonyl (C=O) groups excluding carboxylic acids is 1. The zero-order valence-electron chi connectivity index (χ0n) is 12.5. The predicted molar refractivity (Wildman–Crippen MR) is 81.8 cm³/mol. The highest BCUT2D eigenvalue weighted by atomic mass is 16.1. The van der Waals surface area contributed by atoms with Crippen LogP contribution in [-0.4, -0.2) is 30.5 Å². The topological polar surface area (TPSA) is 69.0 Å². The Labute approximate surface area is 126 Å². The highest BCUT2D eigenvalue weighted by Crippen LogP contribution is 2.21. The van der Waals surface area contributed by atoms with Gasteiger partial charge in [0.2, 0.25) is 5.91 Å². The zero-order chi connectivity index (χ0) is 15.1. The molecule has 1 atom stereocenters. The maximum atomic E-state index is 11.5. The van der Waals surface area contributed by atoms with Crippen LogP contribution < -0.4 is 10.2 Å². The summed E-state index contributed by atoms with van der Waals surface area (Å²) in [5, 5.41) is 12.0. The van der Waals surface area contributed by atoms with Crippen molar-refractivity contribution in [3.8, 4) is 6.07 Å². The van der Waals surface area contributed by atoms with Gasteiger partial charge < -0.3 is 10.2 Å². The standard InChI is InChI=1S/C16H22N4O/c1-2-4-16(21)19-11-14-5-3-8-20(12-14)15-9-13(10-17)6-7-18-15/h6-7,9,14H,2-5,8,11-12H2,1H3,(H,19,21). The number of anilines is 1.